The van der Waals surface area contributed by atoms with Crippen LogP contribution in [-0.4, -0.2) is 16.1 Å². The molecule has 3 N–H and O–H groups in total. The fraction of sp³-hybridized carbons (Fsp3) is 0.125. The summed E-state index contributed by atoms with van der Waals surface area (Å²) in [4.78, 5) is 21.0. The number of amides is 1. The van der Waals surface area contributed by atoms with Crippen LogP contribution in [0.1, 0.15) is 18.1 Å². The van der Waals surface area contributed by atoms with E-state index in [1.54, 1.807) is 12.3 Å². The lowest BCUT2D eigenvalue weighted by Gasteiger charge is -2.11. The summed E-state index contributed by atoms with van der Waals surface area (Å²) in [5.74, 6) is 0.792. The fourth-order valence-corrected chi connectivity index (χ4v) is 3.32. The number of carbonyl (C=O) groups is 1. The predicted molar refractivity (Wildman–Crippen MR) is 119 cm³/mol. The van der Waals surface area contributed by atoms with Crippen LogP contribution in [0, 0.1) is 0 Å². The number of hydrogen-bond donors (Lipinski definition) is 2. The standard InChI is InChI=1S/C24H22N4O2/c1-2-17-10-6-7-11-19(17)21-12-18-13-22(26-14-20(18)23(25)27-21)28-24(29)30-15-16-8-4-3-5-9-16/h3-14H,2,15H2,1H3,(H2,25,27)(H,26,28,29). The number of anilines is 2. The van der Waals surface area contributed by atoms with Gasteiger partial charge in [0, 0.05) is 17.1 Å². The number of hydrogen-bond acceptors (Lipinski definition) is 5. The first-order valence-corrected chi connectivity index (χ1v) is 9.76. The predicted octanol–water partition coefficient (Wildman–Crippen LogP) is 5.19. The van der Waals surface area contributed by atoms with E-state index in [2.05, 4.69) is 28.3 Å². The van der Waals surface area contributed by atoms with Crippen LogP contribution in [0.5, 0.6) is 0 Å². The van der Waals surface area contributed by atoms with E-state index in [9.17, 15) is 4.79 Å². The van der Waals surface area contributed by atoms with Gasteiger partial charge in [0.05, 0.1) is 5.69 Å². The van der Waals surface area contributed by atoms with E-state index in [-0.39, 0.29) is 6.61 Å². The third-order valence-corrected chi connectivity index (χ3v) is 4.86. The molecule has 1 amide bonds. The van der Waals surface area contributed by atoms with Crippen molar-refractivity contribution in [3.05, 3.63) is 84.1 Å². The lowest BCUT2D eigenvalue weighted by atomic mass is 10.0. The number of pyridine rings is 2. The molecule has 2 aromatic heterocycles. The van der Waals surface area contributed by atoms with E-state index in [4.69, 9.17) is 10.5 Å². The number of benzene rings is 2. The molecule has 0 bridgehead atoms. The molecular weight excluding hydrogens is 376 g/mol. The smallest absolute Gasteiger partial charge is 0.413 e. The van der Waals surface area contributed by atoms with Crippen molar-refractivity contribution in [1.29, 1.82) is 0 Å². The van der Waals surface area contributed by atoms with E-state index in [1.807, 2.05) is 54.6 Å². The maximum Gasteiger partial charge on any atom is 0.413 e. The maximum absolute atomic E-state index is 12.2. The van der Waals surface area contributed by atoms with Gasteiger partial charge >= 0.3 is 6.09 Å². The minimum Gasteiger partial charge on any atom is -0.444 e. The Balaban J connectivity index is 1.57. The zero-order valence-electron chi connectivity index (χ0n) is 16.6. The van der Waals surface area contributed by atoms with Gasteiger partial charge in [-0.2, -0.15) is 0 Å². The molecule has 0 aliphatic carbocycles. The molecule has 0 saturated carbocycles. The molecule has 0 aliphatic rings. The SMILES string of the molecule is CCc1ccccc1-c1cc2cc(NC(=O)OCc3ccccc3)ncc2c(N)n1. The minimum atomic E-state index is -0.565. The van der Waals surface area contributed by atoms with E-state index in [0.29, 0.717) is 11.6 Å². The highest BCUT2D eigenvalue weighted by Crippen LogP contribution is 2.29. The van der Waals surface area contributed by atoms with Crippen LogP contribution in [0.2, 0.25) is 0 Å². The number of aromatic nitrogens is 2. The molecule has 2 heterocycles. The van der Waals surface area contributed by atoms with Gasteiger partial charge in [0.2, 0.25) is 0 Å². The second-order valence-corrected chi connectivity index (χ2v) is 6.88. The average Bonchev–Trinajstić information content (AvgIpc) is 2.78. The van der Waals surface area contributed by atoms with Crippen LogP contribution in [-0.2, 0) is 17.8 Å². The number of nitrogen functional groups attached to an aromatic ring is 1. The Morgan fingerprint density at radius 3 is 2.63 bits per heavy atom. The minimum absolute atomic E-state index is 0.190. The molecular formula is C24H22N4O2. The zero-order chi connectivity index (χ0) is 20.9. The Hall–Kier alpha value is -3.93. The van der Waals surface area contributed by atoms with Crippen molar-refractivity contribution in [2.24, 2.45) is 0 Å². The Morgan fingerprint density at radius 1 is 1.07 bits per heavy atom. The lowest BCUT2D eigenvalue weighted by Crippen LogP contribution is -2.14. The number of carbonyl (C=O) groups excluding carboxylic acids is 1. The quantitative estimate of drug-likeness (QED) is 0.483. The number of fused-ring (bicyclic) bond motifs is 1. The number of nitrogens with one attached hydrogen (secondary N) is 1. The number of nitrogens with zero attached hydrogens (tertiary/aromatic N) is 2. The molecule has 0 aliphatic heterocycles. The summed E-state index contributed by atoms with van der Waals surface area (Å²) in [6.45, 7) is 2.30. The molecule has 30 heavy (non-hydrogen) atoms. The average molecular weight is 398 g/mol. The molecule has 0 spiro atoms. The highest BCUT2D eigenvalue weighted by atomic mass is 16.5. The highest BCUT2D eigenvalue weighted by molar-refractivity contribution is 5.96. The summed E-state index contributed by atoms with van der Waals surface area (Å²) in [7, 11) is 0. The molecule has 2 aromatic carbocycles. The lowest BCUT2D eigenvalue weighted by molar-refractivity contribution is 0.155. The third kappa shape index (κ3) is 4.22. The van der Waals surface area contributed by atoms with Gasteiger partial charge in [-0.25, -0.2) is 14.8 Å². The van der Waals surface area contributed by atoms with Crippen molar-refractivity contribution >= 4 is 28.5 Å². The van der Waals surface area contributed by atoms with Crippen LogP contribution < -0.4 is 11.1 Å². The molecule has 150 valence electrons. The molecule has 0 atom stereocenters. The third-order valence-electron chi connectivity index (χ3n) is 4.86. The fourth-order valence-electron chi connectivity index (χ4n) is 3.32. The van der Waals surface area contributed by atoms with Gasteiger partial charge < -0.3 is 10.5 Å². The molecule has 6 heteroatoms. The monoisotopic (exact) mass is 398 g/mol. The van der Waals surface area contributed by atoms with E-state index >= 15 is 0 Å². The normalized spacial score (nSPS) is 10.7. The van der Waals surface area contributed by atoms with Gasteiger partial charge in [0.1, 0.15) is 18.2 Å². The number of rotatable bonds is 5. The number of aryl methyl sites for hydroxylation is 1. The summed E-state index contributed by atoms with van der Waals surface area (Å²) in [6.07, 6.45) is 1.94. The van der Waals surface area contributed by atoms with Crippen LogP contribution in [0.3, 0.4) is 0 Å². The van der Waals surface area contributed by atoms with Crippen molar-refractivity contribution < 1.29 is 9.53 Å². The van der Waals surface area contributed by atoms with Crippen LogP contribution >= 0.6 is 0 Å². The van der Waals surface area contributed by atoms with Gasteiger partial charge in [-0.3, -0.25) is 5.32 Å². The zero-order valence-corrected chi connectivity index (χ0v) is 16.6. The number of ether oxygens (including phenoxy) is 1. The largest absolute Gasteiger partial charge is 0.444 e. The van der Waals surface area contributed by atoms with Gasteiger partial charge in [-0.15, -0.1) is 0 Å². The molecule has 0 radical (unpaired) electrons. The van der Waals surface area contributed by atoms with Crippen LogP contribution in [0.15, 0.2) is 72.9 Å². The summed E-state index contributed by atoms with van der Waals surface area (Å²) in [6, 6.07) is 21.3. The van der Waals surface area contributed by atoms with Crippen molar-refractivity contribution in [2.45, 2.75) is 20.0 Å². The van der Waals surface area contributed by atoms with Crippen LogP contribution in [0.25, 0.3) is 22.0 Å². The van der Waals surface area contributed by atoms with Gasteiger partial charge in [0.25, 0.3) is 0 Å². The molecule has 4 aromatic rings. The van der Waals surface area contributed by atoms with Crippen molar-refractivity contribution in [1.82, 2.24) is 9.97 Å². The van der Waals surface area contributed by atoms with E-state index in [1.165, 1.54) is 5.56 Å². The van der Waals surface area contributed by atoms with Crippen molar-refractivity contribution in [2.75, 3.05) is 11.1 Å². The van der Waals surface area contributed by atoms with E-state index < -0.39 is 6.09 Å². The molecule has 0 fully saturated rings. The second kappa shape index (κ2) is 8.61. The summed E-state index contributed by atoms with van der Waals surface area (Å²) in [5.41, 5.74) is 10.1. The highest BCUT2D eigenvalue weighted by Gasteiger charge is 2.11. The van der Waals surface area contributed by atoms with Crippen LogP contribution in [0.4, 0.5) is 16.4 Å². The second-order valence-electron chi connectivity index (χ2n) is 6.88. The van der Waals surface area contributed by atoms with Crippen molar-refractivity contribution in [3.8, 4) is 11.3 Å². The topological polar surface area (TPSA) is 90.1 Å². The first-order chi connectivity index (χ1) is 14.6. The number of nitrogens with two attached hydrogens (primary N) is 1. The molecule has 4 rings (SSSR count). The first kappa shape index (κ1) is 19.4. The maximum atomic E-state index is 12.2. The van der Waals surface area contributed by atoms with Gasteiger partial charge in [-0.05, 0) is 35.1 Å². The summed E-state index contributed by atoms with van der Waals surface area (Å²) < 4.78 is 5.26. The molecule has 6 nitrogen and oxygen atoms in total. The molecule has 0 saturated heterocycles. The van der Waals surface area contributed by atoms with Crippen molar-refractivity contribution in [3.63, 3.8) is 0 Å². The first-order valence-electron chi connectivity index (χ1n) is 9.76. The Morgan fingerprint density at radius 2 is 1.83 bits per heavy atom. The van der Waals surface area contributed by atoms with E-state index in [0.717, 1.165) is 34.0 Å². The summed E-state index contributed by atoms with van der Waals surface area (Å²) in [5, 5.41) is 4.25. The Bertz CT molecular complexity index is 1190. The summed E-state index contributed by atoms with van der Waals surface area (Å²) >= 11 is 0. The van der Waals surface area contributed by atoms with Gasteiger partial charge in [0.15, 0.2) is 0 Å². The Kier molecular flexibility index (Phi) is 5.57. The van der Waals surface area contributed by atoms with Gasteiger partial charge in [-0.1, -0.05) is 61.5 Å². The molecule has 0 unspecified atom stereocenters. The Labute approximate surface area is 174 Å².